The highest BCUT2D eigenvalue weighted by Gasteiger charge is 2.43. The van der Waals surface area contributed by atoms with Crippen molar-refractivity contribution in [3.63, 3.8) is 0 Å². The molecule has 4 rings (SSSR count). The minimum atomic E-state index is -2.29. The first-order chi connectivity index (χ1) is 12.4. The molecule has 26 heavy (non-hydrogen) atoms. The second-order valence-electron chi connectivity index (χ2n) is 7.46. The number of benzene rings is 2. The number of nitrogens with zero attached hydrogens (tertiary/aromatic N) is 2. The van der Waals surface area contributed by atoms with Crippen molar-refractivity contribution >= 4 is 18.4 Å². The molecule has 1 aliphatic rings. The molecule has 0 saturated carbocycles. The van der Waals surface area contributed by atoms with Crippen LogP contribution < -0.4 is 14.9 Å². The van der Waals surface area contributed by atoms with Gasteiger partial charge in [0.2, 0.25) is 5.69 Å². The van der Waals surface area contributed by atoms with E-state index in [0.717, 1.165) is 22.0 Å². The number of halogens is 1. The number of fused-ring (bicyclic) bond motifs is 3. The zero-order valence-electron chi connectivity index (χ0n) is 15.4. The van der Waals surface area contributed by atoms with Crippen LogP contribution in [0.2, 0.25) is 13.1 Å². The second-order valence-corrected chi connectivity index (χ2v) is 11.7. The molecule has 0 unspecified atom stereocenters. The van der Waals surface area contributed by atoms with Gasteiger partial charge < -0.3 is 0 Å². The molecule has 0 saturated heterocycles. The van der Waals surface area contributed by atoms with Crippen LogP contribution in [-0.4, -0.2) is 8.07 Å². The number of aromatic nitrogens is 1. The van der Waals surface area contributed by atoms with Gasteiger partial charge >= 0.3 is 0 Å². The first kappa shape index (κ1) is 16.7. The van der Waals surface area contributed by atoms with Crippen LogP contribution in [0, 0.1) is 24.1 Å². The normalized spacial score (nSPS) is 13.8. The van der Waals surface area contributed by atoms with E-state index in [1.54, 1.807) is 6.07 Å². The van der Waals surface area contributed by atoms with Crippen molar-refractivity contribution < 1.29 is 8.96 Å². The zero-order valence-corrected chi connectivity index (χ0v) is 16.4. The molecule has 2 aromatic carbocycles. The Kier molecular flexibility index (Phi) is 3.60. The van der Waals surface area contributed by atoms with Crippen molar-refractivity contribution in [1.82, 2.24) is 0 Å². The maximum atomic E-state index is 15.2. The molecule has 0 amide bonds. The Balaban J connectivity index is 2.12. The molecule has 2 nitrogen and oxygen atoms in total. The fraction of sp³-hybridized carbons (Fsp3) is 0.182. The average Bonchev–Trinajstić information content (AvgIpc) is 2.84. The third-order valence-electron chi connectivity index (χ3n) is 5.53. The molecule has 0 atom stereocenters. The van der Waals surface area contributed by atoms with Gasteiger partial charge in [0.05, 0.1) is 5.56 Å². The van der Waals surface area contributed by atoms with Gasteiger partial charge in [0.25, 0.3) is 0 Å². The summed E-state index contributed by atoms with van der Waals surface area (Å²) in [7, 11) is -0.254. The lowest BCUT2D eigenvalue weighted by Crippen LogP contribution is -2.52. The van der Waals surface area contributed by atoms with Crippen LogP contribution in [-0.2, 0) is 7.05 Å². The van der Waals surface area contributed by atoms with Crippen molar-refractivity contribution in [2.24, 2.45) is 7.05 Å². The zero-order chi connectivity index (χ0) is 18.6. The molecule has 0 spiro atoms. The van der Waals surface area contributed by atoms with Crippen LogP contribution >= 0.6 is 0 Å². The van der Waals surface area contributed by atoms with Gasteiger partial charge in [-0.05, 0) is 46.1 Å². The Hall–Kier alpha value is -2.77. The SMILES string of the molecule is Cc1ccc2c(c1-c1cccc[n+]1C)[Si](C)(C)c1c-2ccc(C#N)c1F. The summed E-state index contributed by atoms with van der Waals surface area (Å²) < 4.78 is 17.3. The Morgan fingerprint density at radius 3 is 2.38 bits per heavy atom. The number of rotatable bonds is 1. The summed E-state index contributed by atoms with van der Waals surface area (Å²) >= 11 is 0. The largest absolute Gasteiger partial charge is 0.212 e. The van der Waals surface area contributed by atoms with Crippen LogP contribution in [0.3, 0.4) is 0 Å². The molecule has 0 fully saturated rings. The molecule has 0 aliphatic carbocycles. The minimum absolute atomic E-state index is 0.140. The van der Waals surface area contributed by atoms with Gasteiger partial charge in [-0.3, -0.25) is 0 Å². The van der Waals surface area contributed by atoms with E-state index in [1.165, 1.54) is 16.3 Å². The molecule has 0 bridgehead atoms. The molecular weight excluding hydrogens is 339 g/mol. The third kappa shape index (κ3) is 2.11. The topological polar surface area (TPSA) is 27.7 Å². The first-order valence-electron chi connectivity index (χ1n) is 8.70. The van der Waals surface area contributed by atoms with Gasteiger partial charge in [0.1, 0.15) is 27.0 Å². The standard InChI is InChI=1S/C22H20FN2Si/c1-14-8-10-16-17-11-9-15(13-24)20(23)22(17)26(3,4)21(16)19(14)18-7-5-6-12-25(18)2/h5-12H,1-4H3/q+1. The van der Waals surface area contributed by atoms with E-state index in [-0.39, 0.29) is 11.4 Å². The van der Waals surface area contributed by atoms with E-state index < -0.39 is 8.07 Å². The summed E-state index contributed by atoms with van der Waals surface area (Å²) in [6, 6.07) is 15.9. The number of aryl methyl sites for hydroxylation is 2. The van der Waals surface area contributed by atoms with E-state index in [0.29, 0.717) is 0 Å². The molecule has 1 aliphatic heterocycles. The Morgan fingerprint density at radius 1 is 1.00 bits per heavy atom. The van der Waals surface area contributed by atoms with Gasteiger partial charge in [-0.1, -0.05) is 31.3 Å². The Labute approximate surface area is 154 Å². The number of pyridine rings is 1. The average molecular weight is 360 g/mol. The Morgan fingerprint density at radius 2 is 1.69 bits per heavy atom. The van der Waals surface area contributed by atoms with E-state index in [1.807, 2.05) is 37.5 Å². The van der Waals surface area contributed by atoms with E-state index in [9.17, 15) is 5.26 Å². The molecule has 3 aromatic rings. The second kappa shape index (κ2) is 5.62. The smallest absolute Gasteiger partial charge is 0.206 e. The summed E-state index contributed by atoms with van der Waals surface area (Å²) in [5, 5.41) is 11.3. The molecular formula is C22H20FN2Si+. The molecule has 128 valence electrons. The minimum Gasteiger partial charge on any atom is -0.206 e. The van der Waals surface area contributed by atoms with Crippen molar-refractivity contribution in [1.29, 1.82) is 5.26 Å². The van der Waals surface area contributed by atoms with Crippen LogP contribution in [0.5, 0.6) is 0 Å². The van der Waals surface area contributed by atoms with Crippen molar-refractivity contribution in [2.45, 2.75) is 20.0 Å². The maximum Gasteiger partial charge on any atom is 0.212 e. The van der Waals surface area contributed by atoms with Crippen molar-refractivity contribution in [2.75, 3.05) is 0 Å². The quantitative estimate of drug-likeness (QED) is 0.484. The number of hydrogen-bond donors (Lipinski definition) is 0. The van der Waals surface area contributed by atoms with Crippen molar-refractivity contribution in [3.05, 3.63) is 65.6 Å². The van der Waals surface area contributed by atoms with Gasteiger partial charge in [-0.15, -0.1) is 0 Å². The first-order valence-corrected chi connectivity index (χ1v) is 11.7. The fourth-order valence-electron chi connectivity index (χ4n) is 4.32. The molecule has 0 radical (unpaired) electrons. The summed E-state index contributed by atoms with van der Waals surface area (Å²) in [4.78, 5) is 0. The van der Waals surface area contributed by atoms with Crippen LogP contribution in [0.1, 0.15) is 11.1 Å². The van der Waals surface area contributed by atoms with Gasteiger partial charge in [-0.25, -0.2) is 8.96 Å². The monoisotopic (exact) mass is 359 g/mol. The number of nitriles is 1. The third-order valence-corrected chi connectivity index (χ3v) is 9.04. The highest BCUT2D eigenvalue weighted by atomic mass is 28.3. The van der Waals surface area contributed by atoms with Gasteiger partial charge in [-0.2, -0.15) is 5.26 Å². The summed E-state index contributed by atoms with van der Waals surface area (Å²) in [5.41, 5.74) is 5.74. The molecule has 4 heteroatoms. The van der Waals surface area contributed by atoms with Gasteiger partial charge in [0.15, 0.2) is 6.20 Å². The molecule has 1 aromatic heterocycles. The molecule has 0 N–H and O–H groups in total. The predicted molar refractivity (Wildman–Crippen MR) is 105 cm³/mol. The number of hydrogen-bond acceptors (Lipinski definition) is 1. The summed E-state index contributed by atoms with van der Waals surface area (Å²) in [6.07, 6.45) is 2.04. The van der Waals surface area contributed by atoms with E-state index in [4.69, 9.17) is 0 Å². The predicted octanol–water partition coefficient (Wildman–Crippen LogP) is 3.30. The fourth-order valence-corrected chi connectivity index (χ4v) is 7.98. The highest BCUT2D eigenvalue weighted by Crippen LogP contribution is 2.35. The van der Waals surface area contributed by atoms with Crippen LogP contribution in [0.15, 0.2) is 48.7 Å². The summed E-state index contributed by atoms with van der Waals surface area (Å²) in [5.74, 6) is -0.334. The maximum absolute atomic E-state index is 15.2. The lowest BCUT2D eigenvalue weighted by molar-refractivity contribution is -0.660. The summed E-state index contributed by atoms with van der Waals surface area (Å²) in [6.45, 7) is 6.49. The Bertz CT molecular complexity index is 1110. The van der Waals surface area contributed by atoms with Crippen molar-refractivity contribution in [3.8, 4) is 28.5 Å². The lowest BCUT2D eigenvalue weighted by atomic mass is 9.97. The highest BCUT2D eigenvalue weighted by molar-refractivity contribution is 7.04. The van der Waals surface area contributed by atoms with E-state index in [2.05, 4.69) is 42.8 Å². The molecule has 2 heterocycles. The van der Waals surface area contributed by atoms with Gasteiger partial charge in [0, 0.05) is 17.7 Å². The van der Waals surface area contributed by atoms with Crippen LogP contribution in [0.25, 0.3) is 22.4 Å². The van der Waals surface area contributed by atoms with E-state index >= 15 is 4.39 Å². The lowest BCUT2D eigenvalue weighted by Gasteiger charge is -2.23. The van der Waals surface area contributed by atoms with Crippen LogP contribution in [0.4, 0.5) is 4.39 Å².